The van der Waals surface area contributed by atoms with Crippen molar-refractivity contribution in [3.63, 3.8) is 0 Å². The minimum atomic E-state index is 0.322. The number of thioether (sulfide) groups is 1. The van der Waals surface area contributed by atoms with Gasteiger partial charge >= 0.3 is 0 Å². The minimum absolute atomic E-state index is 0.322. The maximum atomic E-state index is 5.27. The molecule has 1 aromatic heterocycles. The molecule has 0 aliphatic rings. The number of benzene rings is 1. The number of nitrogens with zero attached hydrogens (tertiary/aromatic N) is 1. The van der Waals surface area contributed by atoms with Gasteiger partial charge in [-0.1, -0.05) is 42.4 Å². The van der Waals surface area contributed by atoms with Gasteiger partial charge < -0.3 is 9.73 Å². The van der Waals surface area contributed by atoms with E-state index in [9.17, 15) is 0 Å². The molecule has 1 heterocycles. The first-order valence-electron chi connectivity index (χ1n) is 6.53. The third-order valence-corrected chi connectivity index (χ3v) is 3.98. The van der Waals surface area contributed by atoms with Gasteiger partial charge in [0.1, 0.15) is 6.26 Å². The Balaban J connectivity index is 2.10. The summed E-state index contributed by atoms with van der Waals surface area (Å²) in [6.07, 6.45) is 3.30. The summed E-state index contributed by atoms with van der Waals surface area (Å²) in [7, 11) is 0. The van der Waals surface area contributed by atoms with Crippen LogP contribution in [0.15, 0.2) is 40.3 Å². The average Bonchev–Trinajstić information content (AvgIpc) is 2.88. The lowest BCUT2D eigenvalue weighted by molar-refractivity contribution is 0.453. The summed E-state index contributed by atoms with van der Waals surface area (Å²) in [5.41, 5.74) is 3.99. The molecule has 19 heavy (non-hydrogen) atoms. The van der Waals surface area contributed by atoms with Crippen molar-refractivity contribution in [2.75, 3.05) is 12.3 Å². The van der Waals surface area contributed by atoms with Gasteiger partial charge in [-0.2, -0.15) is 0 Å². The normalized spacial score (nSPS) is 12.6. The summed E-state index contributed by atoms with van der Waals surface area (Å²) in [5.74, 6) is 0.915. The third kappa shape index (κ3) is 3.85. The first-order chi connectivity index (χ1) is 9.20. The summed E-state index contributed by atoms with van der Waals surface area (Å²) < 4.78 is 5.27. The molecule has 102 valence electrons. The van der Waals surface area contributed by atoms with Crippen molar-refractivity contribution in [3.8, 4) is 0 Å². The van der Waals surface area contributed by atoms with E-state index in [1.807, 2.05) is 0 Å². The Kier molecular flexibility index (Phi) is 5.05. The van der Waals surface area contributed by atoms with Crippen LogP contribution in [0.1, 0.15) is 29.7 Å². The van der Waals surface area contributed by atoms with Crippen LogP contribution in [0, 0.1) is 13.8 Å². The highest BCUT2D eigenvalue weighted by atomic mass is 32.2. The summed E-state index contributed by atoms with van der Waals surface area (Å²) >= 11 is 1.64. The maximum Gasteiger partial charge on any atom is 0.255 e. The van der Waals surface area contributed by atoms with Gasteiger partial charge in [0.15, 0.2) is 0 Å². The Morgan fingerprint density at radius 2 is 2.21 bits per heavy atom. The summed E-state index contributed by atoms with van der Waals surface area (Å²) in [5, 5.41) is 4.26. The van der Waals surface area contributed by atoms with Gasteiger partial charge in [-0.15, -0.1) is 0 Å². The van der Waals surface area contributed by atoms with Crippen LogP contribution in [0.3, 0.4) is 0 Å². The van der Waals surface area contributed by atoms with E-state index in [1.165, 1.54) is 16.7 Å². The molecule has 0 spiro atoms. The first-order valence-corrected chi connectivity index (χ1v) is 7.52. The molecule has 0 saturated carbocycles. The monoisotopic (exact) mass is 276 g/mol. The predicted octanol–water partition coefficient (Wildman–Crippen LogP) is 3.73. The fourth-order valence-corrected chi connectivity index (χ4v) is 3.02. The average molecular weight is 276 g/mol. The standard InChI is InChI=1S/C15H20N2OS/c1-4-16-14(10-19-15-17-7-8-18-15)13-6-5-11(2)9-12(13)3/h5-9,14,16H,4,10H2,1-3H3. The number of hydrogen-bond acceptors (Lipinski definition) is 4. The maximum absolute atomic E-state index is 5.27. The molecule has 0 amide bonds. The highest BCUT2D eigenvalue weighted by Gasteiger charge is 2.14. The van der Waals surface area contributed by atoms with Crippen LogP contribution in [0.2, 0.25) is 0 Å². The number of oxazole rings is 1. The molecule has 1 N–H and O–H groups in total. The van der Waals surface area contributed by atoms with Gasteiger partial charge in [0.2, 0.25) is 0 Å². The fraction of sp³-hybridized carbons (Fsp3) is 0.400. The lowest BCUT2D eigenvalue weighted by Crippen LogP contribution is -2.23. The largest absolute Gasteiger partial charge is 0.440 e. The van der Waals surface area contributed by atoms with Gasteiger partial charge in [0, 0.05) is 11.8 Å². The van der Waals surface area contributed by atoms with E-state index < -0.39 is 0 Å². The number of rotatable bonds is 6. The van der Waals surface area contributed by atoms with E-state index in [2.05, 4.69) is 49.3 Å². The summed E-state index contributed by atoms with van der Waals surface area (Å²) in [4.78, 5) is 4.15. The number of aromatic nitrogens is 1. The fourth-order valence-electron chi connectivity index (χ4n) is 2.16. The van der Waals surface area contributed by atoms with E-state index in [0.29, 0.717) is 6.04 Å². The Morgan fingerprint density at radius 1 is 1.37 bits per heavy atom. The topological polar surface area (TPSA) is 38.1 Å². The Labute approximate surface area is 118 Å². The lowest BCUT2D eigenvalue weighted by atomic mass is 10.0. The molecule has 1 aromatic carbocycles. The molecule has 1 atom stereocenters. The van der Waals surface area contributed by atoms with Crippen LogP contribution in [0.4, 0.5) is 0 Å². The minimum Gasteiger partial charge on any atom is -0.440 e. The molecule has 3 nitrogen and oxygen atoms in total. The lowest BCUT2D eigenvalue weighted by Gasteiger charge is -2.19. The van der Waals surface area contributed by atoms with Crippen molar-refractivity contribution in [2.45, 2.75) is 32.0 Å². The van der Waals surface area contributed by atoms with Gasteiger partial charge in [-0.3, -0.25) is 0 Å². The zero-order valence-electron chi connectivity index (χ0n) is 11.6. The van der Waals surface area contributed by atoms with Crippen LogP contribution >= 0.6 is 11.8 Å². The zero-order chi connectivity index (χ0) is 13.7. The Hall–Kier alpha value is -1.26. The second kappa shape index (κ2) is 6.78. The van der Waals surface area contributed by atoms with Gasteiger partial charge in [0.25, 0.3) is 5.22 Å². The summed E-state index contributed by atoms with van der Waals surface area (Å²) in [6.45, 7) is 7.37. The third-order valence-electron chi connectivity index (χ3n) is 3.03. The molecular formula is C15H20N2OS. The highest BCUT2D eigenvalue weighted by molar-refractivity contribution is 7.99. The van der Waals surface area contributed by atoms with Gasteiger partial charge in [-0.25, -0.2) is 4.98 Å². The quantitative estimate of drug-likeness (QED) is 0.816. The van der Waals surface area contributed by atoms with Gasteiger partial charge in [0.05, 0.1) is 6.20 Å². The number of hydrogen-bond donors (Lipinski definition) is 1. The molecule has 4 heteroatoms. The van der Waals surface area contributed by atoms with Crippen molar-refractivity contribution in [1.82, 2.24) is 10.3 Å². The van der Waals surface area contributed by atoms with Gasteiger partial charge in [-0.05, 0) is 31.5 Å². The smallest absolute Gasteiger partial charge is 0.255 e. The van der Waals surface area contributed by atoms with Crippen molar-refractivity contribution >= 4 is 11.8 Å². The zero-order valence-corrected chi connectivity index (χ0v) is 12.5. The van der Waals surface area contributed by atoms with Crippen LogP contribution in [-0.4, -0.2) is 17.3 Å². The number of aryl methyl sites for hydroxylation is 2. The van der Waals surface area contributed by atoms with Crippen molar-refractivity contribution < 1.29 is 4.42 Å². The van der Waals surface area contributed by atoms with E-state index in [1.54, 1.807) is 24.2 Å². The van der Waals surface area contributed by atoms with Crippen molar-refractivity contribution in [3.05, 3.63) is 47.3 Å². The Morgan fingerprint density at radius 3 is 2.84 bits per heavy atom. The van der Waals surface area contributed by atoms with E-state index in [0.717, 1.165) is 17.5 Å². The Bertz CT molecular complexity index is 511. The van der Waals surface area contributed by atoms with E-state index in [-0.39, 0.29) is 0 Å². The van der Waals surface area contributed by atoms with Crippen molar-refractivity contribution in [2.24, 2.45) is 0 Å². The van der Waals surface area contributed by atoms with E-state index >= 15 is 0 Å². The molecule has 0 aliphatic carbocycles. The molecule has 2 aromatic rings. The van der Waals surface area contributed by atoms with Crippen LogP contribution in [0.25, 0.3) is 0 Å². The van der Waals surface area contributed by atoms with E-state index in [4.69, 9.17) is 4.42 Å². The van der Waals surface area contributed by atoms with Crippen LogP contribution < -0.4 is 5.32 Å². The first kappa shape index (κ1) is 14.2. The number of nitrogens with one attached hydrogen (secondary N) is 1. The molecule has 0 radical (unpaired) electrons. The van der Waals surface area contributed by atoms with Crippen molar-refractivity contribution in [1.29, 1.82) is 0 Å². The second-order valence-corrected chi connectivity index (χ2v) is 5.55. The molecule has 0 fully saturated rings. The molecule has 0 aliphatic heterocycles. The second-order valence-electron chi connectivity index (χ2n) is 4.58. The van der Waals surface area contributed by atoms with Crippen LogP contribution in [0.5, 0.6) is 0 Å². The molecular weight excluding hydrogens is 256 g/mol. The SMILES string of the molecule is CCNC(CSc1ncco1)c1ccc(C)cc1C. The molecule has 1 unspecified atom stereocenters. The predicted molar refractivity (Wildman–Crippen MR) is 79.6 cm³/mol. The molecule has 0 bridgehead atoms. The van der Waals surface area contributed by atoms with Crippen LogP contribution in [-0.2, 0) is 0 Å². The highest BCUT2D eigenvalue weighted by Crippen LogP contribution is 2.26. The molecule has 2 rings (SSSR count). The summed E-state index contributed by atoms with van der Waals surface area (Å²) in [6, 6.07) is 6.94. The molecule has 0 saturated heterocycles.